The first-order valence-corrected chi connectivity index (χ1v) is 8.63. The van der Waals surface area contributed by atoms with Crippen molar-refractivity contribution in [3.8, 4) is 0 Å². The van der Waals surface area contributed by atoms with Gasteiger partial charge >= 0.3 is 12.0 Å². The number of Topliss-reactive ketones (excluding diaryl/α,β-unsaturated/α-hetero) is 1. The molecule has 0 saturated carbocycles. The Kier molecular flexibility index (Phi) is 6.30. The molecule has 1 saturated heterocycles. The first-order chi connectivity index (χ1) is 11.8. The molecule has 0 aliphatic carbocycles. The molecule has 3 amide bonds. The number of amides is 3. The minimum Gasteiger partial charge on any atom is -0.454 e. The van der Waals surface area contributed by atoms with Crippen LogP contribution >= 0.6 is 15.9 Å². The van der Waals surface area contributed by atoms with Crippen LogP contribution in [-0.2, 0) is 14.3 Å². The number of urea groups is 1. The second-order valence-corrected chi connectivity index (χ2v) is 6.71. The number of ether oxygens (including phenoxy) is 1. The van der Waals surface area contributed by atoms with E-state index in [1.54, 1.807) is 31.3 Å². The quantitative estimate of drug-likeness (QED) is 0.391. The molecule has 2 rings (SSSR count). The Balaban J connectivity index is 1.78. The van der Waals surface area contributed by atoms with Crippen LogP contribution in [0, 0.1) is 0 Å². The molecule has 1 aliphatic rings. The lowest BCUT2D eigenvalue weighted by Gasteiger charge is -2.15. The van der Waals surface area contributed by atoms with Crippen molar-refractivity contribution in [2.75, 3.05) is 20.1 Å². The number of halogens is 1. The summed E-state index contributed by atoms with van der Waals surface area (Å²) in [6.45, 7) is 1.74. The number of likely N-dealkylation sites (N-methyl/N-ethyl adjacent to an activating group) is 1. The van der Waals surface area contributed by atoms with E-state index in [1.165, 1.54) is 11.8 Å². The van der Waals surface area contributed by atoms with Crippen LogP contribution in [0.3, 0.4) is 0 Å². The van der Waals surface area contributed by atoms with Crippen molar-refractivity contribution in [3.05, 3.63) is 34.3 Å². The summed E-state index contributed by atoms with van der Waals surface area (Å²) in [5.74, 6) is -1.10. The lowest BCUT2D eigenvalue weighted by atomic mass is 10.1. The molecule has 1 heterocycles. The van der Waals surface area contributed by atoms with E-state index in [1.807, 2.05) is 0 Å². The van der Waals surface area contributed by atoms with Gasteiger partial charge in [-0.3, -0.25) is 19.3 Å². The van der Waals surface area contributed by atoms with Gasteiger partial charge in [0, 0.05) is 30.0 Å². The van der Waals surface area contributed by atoms with Gasteiger partial charge in [0.2, 0.25) is 11.7 Å². The van der Waals surface area contributed by atoms with E-state index in [4.69, 9.17) is 4.74 Å². The van der Waals surface area contributed by atoms with E-state index in [9.17, 15) is 19.2 Å². The summed E-state index contributed by atoms with van der Waals surface area (Å²) >= 11 is 3.29. The van der Waals surface area contributed by atoms with Crippen LogP contribution in [0.2, 0.25) is 0 Å². The van der Waals surface area contributed by atoms with Crippen LogP contribution in [-0.4, -0.2) is 59.7 Å². The molecule has 1 aromatic rings. The van der Waals surface area contributed by atoms with Crippen LogP contribution in [0.1, 0.15) is 30.1 Å². The van der Waals surface area contributed by atoms with Gasteiger partial charge < -0.3 is 9.64 Å². The second kappa shape index (κ2) is 8.24. The zero-order chi connectivity index (χ0) is 18.6. The number of benzene rings is 1. The summed E-state index contributed by atoms with van der Waals surface area (Å²) in [5.41, 5.74) is 0.458. The lowest BCUT2D eigenvalue weighted by Crippen LogP contribution is -2.33. The second-order valence-electron chi connectivity index (χ2n) is 5.79. The van der Waals surface area contributed by atoms with E-state index in [2.05, 4.69) is 15.9 Å². The number of nitrogens with zero attached hydrogens (tertiary/aromatic N) is 2. The molecule has 0 spiro atoms. The van der Waals surface area contributed by atoms with Crippen LogP contribution in [0.25, 0.3) is 0 Å². The largest absolute Gasteiger partial charge is 0.454 e. The van der Waals surface area contributed by atoms with Gasteiger partial charge in [0.05, 0.1) is 0 Å². The Morgan fingerprint density at radius 2 is 1.88 bits per heavy atom. The van der Waals surface area contributed by atoms with Gasteiger partial charge in [-0.25, -0.2) is 4.79 Å². The molecule has 0 aromatic heterocycles. The van der Waals surface area contributed by atoms with Gasteiger partial charge in [-0.15, -0.1) is 0 Å². The predicted octanol–water partition coefficient (Wildman–Crippen LogP) is 2.24. The van der Waals surface area contributed by atoms with Crippen molar-refractivity contribution in [2.24, 2.45) is 0 Å². The number of imide groups is 1. The van der Waals surface area contributed by atoms with Gasteiger partial charge in [-0.1, -0.05) is 28.1 Å². The molecule has 1 atom stereocenters. The third kappa shape index (κ3) is 4.88. The molecule has 8 heteroatoms. The maximum Gasteiger partial charge on any atom is 0.326 e. The van der Waals surface area contributed by atoms with Gasteiger partial charge in [0.25, 0.3) is 0 Å². The maximum atomic E-state index is 12.2. The molecular formula is C17H19BrN2O5. The zero-order valence-electron chi connectivity index (χ0n) is 14.0. The molecular weight excluding hydrogens is 392 g/mol. The van der Waals surface area contributed by atoms with Crippen molar-refractivity contribution in [1.29, 1.82) is 0 Å². The van der Waals surface area contributed by atoms with Crippen molar-refractivity contribution in [1.82, 2.24) is 9.80 Å². The first-order valence-electron chi connectivity index (χ1n) is 7.84. The van der Waals surface area contributed by atoms with Crippen LogP contribution in [0.5, 0.6) is 0 Å². The maximum absolute atomic E-state index is 12.2. The first kappa shape index (κ1) is 19.1. The molecule has 25 heavy (non-hydrogen) atoms. The highest BCUT2D eigenvalue weighted by Crippen LogP contribution is 2.14. The Hall–Kier alpha value is -2.22. The highest BCUT2D eigenvalue weighted by atomic mass is 79.9. The average molecular weight is 411 g/mol. The Bertz CT molecular complexity index is 689. The fourth-order valence-corrected chi connectivity index (χ4v) is 2.69. The van der Waals surface area contributed by atoms with E-state index in [0.717, 1.165) is 9.37 Å². The van der Waals surface area contributed by atoms with E-state index < -0.39 is 12.1 Å². The molecule has 7 nitrogen and oxygen atoms in total. The number of rotatable bonds is 7. The third-order valence-corrected chi connectivity index (χ3v) is 4.33. The number of esters is 1. The standard InChI is InChI=1S/C17H19BrN2O5/c1-11(16(23)12-5-7-13(18)8-6-12)25-15(22)4-3-9-20-14(21)10-19(2)17(20)24/h5-8,11H,3-4,9-10H2,1-2H3/t11-/m1/s1. The summed E-state index contributed by atoms with van der Waals surface area (Å²) in [4.78, 5) is 49.8. The molecule has 0 unspecified atom stereocenters. The van der Waals surface area contributed by atoms with E-state index in [0.29, 0.717) is 12.0 Å². The summed E-state index contributed by atoms with van der Waals surface area (Å²) in [7, 11) is 1.55. The molecule has 0 bridgehead atoms. The smallest absolute Gasteiger partial charge is 0.326 e. The summed E-state index contributed by atoms with van der Waals surface area (Å²) in [5, 5.41) is 0. The Labute approximate surface area is 154 Å². The molecule has 0 N–H and O–H groups in total. The van der Waals surface area contributed by atoms with Crippen LogP contribution in [0.15, 0.2) is 28.7 Å². The number of hydrogen-bond acceptors (Lipinski definition) is 5. The number of carbonyl (C=O) groups is 4. The fraction of sp³-hybridized carbons (Fsp3) is 0.412. The third-order valence-electron chi connectivity index (χ3n) is 3.80. The van der Waals surface area contributed by atoms with Crippen molar-refractivity contribution in [3.63, 3.8) is 0 Å². The number of carbonyl (C=O) groups excluding carboxylic acids is 4. The Morgan fingerprint density at radius 1 is 1.24 bits per heavy atom. The minimum absolute atomic E-state index is 0.0265. The molecule has 1 fully saturated rings. The van der Waals surface area contributed by atoms with Gasteiger partial charge in [0.15, 0.2) is 6.10 Å². The molecule has 1 aromatic carbocycles. The lowest BCUT2D eigenvalue weighted by molar-refractivity contribution is -0.146. The molecule has 0 radical (unpaired) electrons. The zero-order valence-corrected chi connectivity index (χ0v) is 15.6. The topological polar surface area (TPSA) is 84.0 Å². The predicted molar refractivity (Wildman–Crippen MR) is 93.0 cm³/mol. The highest BCUT2D eigenvalue weighted by molar-refractivity contribution is 9.10. The fourth-order valence-electron chi connectivity index (χ4n) is 2.43. The number of ketones is 1. The monoisotopic (exact) mass is 410 g/mol. The van der Waals surface area contributed by atoms with E-state index >= 15 is 0 Å². The molecule has 134 valence electrons. The molecule has 1 aliphatic heterocycles. The normalized spacial score (nSPS) is 15.5. The SMILES string of the molecule is C[C@@H](OC(=O)CCCN1C(=O)CN(C)C1=O)C(=O)c1ccc(Br)cc1. The van der Waals surface area contributed by atoms with Crippen molar-refractivity contribution < 1.29 is 23.9 Å². The van der Waals surface area contributed by atoms with Crippen LogP contribution in [0.4, 0.5) is 4.79 Å². The Morgan fingerprint density at radius 3 is 2.44 bits per heavy atom. The number of hydrogen-bond donors (Lipinski definition) is 0. The summed E-state index contributed by atoms with van der Waals surface area (Å²) in [6, 6.07) is 6.42. The van der Waals surface area contributed by atoms with Gasteiger partial charge in [-0.05, 0) is 25.5 Å². The van der Waals surface area contributed by atoms with Crippen LogP contribution < -0.4 is 0 Å². The van der Waals surface area contributed by atoms with Crippen molar-refractivity contribution >= 4 is 39.6 Å². The highest BCUT2D eigenvalue weighted by Gasteiger charge is 2.33. The van der Waals surface area contributed by atoms with Crippen molar-refractivity contribution in [2.45, 2.75) is 25.9 Å². The summed E-state index contributed by atoms with van der Waals surface area (Å²) < 4.78 is 5.99. The van der Waals surface area contributed by atoms with E-state index in [-0.39, 0.29) is 37.2 Å². The summed E-state index contributed by atoms with van der Waals surface area (Å²) in [6.07, 6.45) is -0.572. The minimum atomic E-state index is -0.894. The van der Waals surface area contributed by atoms with Gasteiger partial charge in [-0.2, -0.15) is 0 Å². The average Bonchev–Trinajstić information content (AvgIpc) is 2.81. The van der Waals surface area contributed by atoms with Gasteiger partial charge in [0.1, 0.15) is 6.54 Å².